The lowest BCUT2D eigenvalue weighted by Crippen LogP contribution is -2.40. The molecule has 0 unspecified atom stereocenters. The van der Waals surface area contributed by atoms with Crippen molar-refractivity contribution in [1.29, 1.82) is 0 Å². The molecule has 9 aromatic rings. The maximum Gasteiger partial charge on any atom is 0.164 e. The zero-order chi connectivity index (χ0) is 55.6. The van der Waals surface area contributed by atoms with E-state index in [0.717, 1.165) is 139 Å². The van der Waals surface area contributed by atoms with Crippen LogP contribution in [0, 0.1) is 0 Å². The monoisotopic (exact) mass is 1100 g/mol. The Morgan fingerprint density at radius 1 is 0.329 bits per heavy atom. The van der Waals surface area contributed by atoms with Crippen LogP contribution in [0.5, 0.6) is 51.7 Å². The van der Waals surface area contributed by atoms with Gasteiger partial charge in [-0.3, -0.25) is 4.90 Å². The van der Waals surface area contributed by atoms with Crippen LogP contribution in [-0.4, -0.2) is 105 Å². The fraction of sp³-hybridized carbons (Fsp3) is 0.304. The van der Waals surface area contributed by atoms with Crippen molar-refractivity contribution in [2.45, 2.75) is 38.9 Å². The van der Waals surface area contributed by atoms with Gasteiger partial charge in [-0.15, -0.1) is 0 Å². The molecule has 0 saturated heterocycles. The topological polar surface area (TPSA) is 122 Å². The zero-order valence-electron chi connectivity index (χ0n) is 47.2. The normalized spacial score (nSPS) is 16.0. The standard InChI is InChI=1S/C69H72N4O9/c1-74-67-58-40-50-23-26-62-69(76-3)60(50)42-51-24-27-63-68(75-2)59(51)41-49(58)22-25-61(67)77-34-37-80-64-52(19-16-46-10-4-7-13-55(46)64)43-70-28-31-73(32-29-71-44-53-20-17-47-11-5-8-14-56(47)65(53)81-38-35-78-62)33-30-72-45-54-21-18-48-12-6-9-15-57(48)66(54)82-39-36-79-63/h4-27,70-72H,28-45H2,1-3H3. The van der Waals surface area contributed by atoms with Crippen molar-refractivity contribution in [1.82, 2.24) is 20.9 Å². The molecule has 7 aliphatic rings. The molecule has 0 amide bonds. The van der Waals surface area contributed by atoms with Gasteiger partial charge in [0.2, 0.25) is 0 Å². The van der Waals surface area contributed by atoms with Crippen molar-refractivity contribution >= 4 is 32.3 Å². The Morgan fingerprint density at radius 3 is 0.939 bits per heavy atom. The molecule has 9 aromatic carbocycles. The van der Waals surface area contributed by atoms with Crippen LogP contribution in [0.1, 0.15) is 50.1 Å². The highest BCUT2D eigenvalue weighted by molar-refractivity contribution is 5.91. The van der Waals surface area contributed by atoms with E-state index in [1.165, 1.54) is 0 Å². The zero-order valence-corrected chi connectivity index (χ0v) is 47.2. The van der Waals surface area contributed by atoms with E-state index < -0.39 is 0 Å². The van der Waals surface area contributed by atoms with E-state index in [2.05, 4.69) is 148 Å². The third kappa shape index (κ3) is 11.8. The molecule has 82 heavy (non-hydrogen) atoms. The summed E-state index contributed by atoms with van der Waals surface area (Å²) in [6, 6.07) is 50.8. The second-order valence-corrected chi connectivity index (χ2v) is 21.0. The van der Waals surface area contributed by atoms with E-state index in [-0.39, 0.29) is 0 Å². The SMILES string of the molecule is COc1c2ccc3c1Cc1ccc4c(OC)c1Cc1ccc(c(OC)c1C3)OCCOc1c(ccc3ccccc13)CNCCN(CCNCc1ccc3ccccc3c1OCCO2)CCNCc1ccc2ccccc2c1OCCO4. The maximum atomic E-state index is 6.76. The minimum absolute atomic E-state index is 0.292. The van der Waals surface area contributed by atoms with Gasteiger partial charge in [-0.2, -0.15) is 0 Å². The van der Waals surface area contributed by atoms with E-state index >= 15 is 0 Å². The predicted molar refractivity (Wildman–Crippen MR) is 324 cm³/mol. The van der Waals surface area contributed by atoms with Crippen LogP contribution in [-0.2, 0) is 38.9 Å². The quantitative estimate of drug-likeness (QED) is 0.156. The summed E-state index contributed by atoms with van der Waals surface area (Å²) in [6.07, 6.45) is 1.60. The van der Waals surface area contributed by atoms with Crippen molar-refractivity contribution in [3.05, 3.63) is 196 Å². The van der Waals surface area contributed by atoms with Crippen LogP contribution in [0.3, 0.4) is 0 Å². The minimum atomic E-state index is 0.292. The highest BCUT2D eigenvalue weighted by Gasteiger charge is 2.28. The largest absolute Gasteiger partial charge is 0.493 e. The lowest BCUT2D eigenvalue weighted by Gasteiger charge is -2.24. The lowest BCUT2D eigenvalue weighted by molar-refractivity contribution is 0.211. The molecule has 10 bridgehead atoms. The van der Waals surface area contributed by atoms with Crippen molar-refractivity contribution in [3.8, 4) is 51.7 Å². The third-order valence-electron chi connectivity index (χ3n) is 16.1. The minimum Gasteiger partial charge on any atom is -0.493 e. The molecule has 6 aliphatic heterocycles. The molecule has 0 radical (unpaired) electrons. The summed E-state index contributed by atoms with van der Waals surface area (Å²) in [5, 5.41) is 17.9. The number of rotatable bonds is 3. The highest BCUT2D eigenvalue weighted by atomic mass is 16.6. The number of hydrogen-bond acceptors (Lipinski definition) is 13. The number of nitrogens with zero attached hydrogens (tertiary/aromatic N) is 1. The summed E-state index contributed by atoms with van der Waals surface area (Å²) in [4.78, 5) is 2.52. The Hall–Kier alpha value is -8.20. The fourth-order valence-electron chi connectivity index (χ4n) is 12.0. The van der Waals surface area contributed by atoms with Crippen LogP contribution in [0.4, 0.5) is 0 Å². The van der Waals surface area contributed by atoms with Crippen molar-refractivity contribution in [2.75, 3.05) is 100 Å². The predicted octanol–water partition coefficient (Wildman–Crippen LogP) is 11.2. The van der Waals surface area contributed by atoms with Gasteiger partial charge in [-0.25, -0.2) is 0 Å². The van der Waals surface area contributed by atoms with Crippen molar-refractivity contribution in [2.24, 2.45) is 0 Å². The first-order valence-electron chi connectivity index (χ1n) is 28.7. The number of benzene rings is 9. The molecule has 3 N–H and O–H groups in total. The van der Waals surface area contributed by atoms with Crippen molar-refractivity contribution < 1.29 is 42.6 Å². The van der Waals surface area contributed by atoms with E-state index in [0.29, 0.717) is 113 Å². The molecule has 13 nitrogen and oxygen atoms in total. The first-order valence-corrected chi connectivity index (χ1v) is 28.7. The van der Waals surface area contributed by atoms with Gasteiger partial charge in [0.05, 0.1) is 21.3 Å². The van der Waals surface area contributed by atoms with Crippen LogP contribution >= 0.6 is 0 Å². The lowest BCUT2D eigenvalue weighted by atomic mass is 9.93. The van der Waals surface area contributed by atoms with E-state index in [9.17, 15) is 0 Å². The number of fused-ring (bicyclic) bond motifs is 6. The Bertz CT molecular complexity index is 3340. The van der Waals surface area contributed by atoms with Gasteiger partial charge < -0.3 is 58.6 Å². The summed E-state index contributed by atoms with van der Waals surface area (Å²) < 4.78 is 59.5. The number of methoxy groups -OCH3 is 3. The Morgan fingerprint density at radius 2 is 0.622 bits per heavy atom. The van der Waals surface area contributed by atoms with Gasteiger partial charge in [0.1, 0.15) is 56.9 Å². The summed E-state index contributed by atoms with van der Waals surface area (Å²) in [6.45, 7) is 8.59. The third-order valence-corrected chi connectivity index (χ3v) is 16.1. The second kappa shape index (κ2) is 25.7. The molecule has 13 heteroatoms. The van der Waals surface area contributed by atoms with Crippen LogP contribution in [0.2, 0.25) is 0 Å². The van der Waals surface area contributed by atoms with Gasteiger partial charge in [0.25, 0.3) is 0 Å². The Balaban J connectivity index is 0.972. The average Bonchev–Trinajstić information content (AvgIpc) is 3.80. The van der Waals surface area contributed by atoms with E-state index in [1.54, 1.807) is 21.3 Å². The van der Waals surface area contributed by atoms with E-state index in [1.807, 2.05) is 18.2 Å². The smallest absolute Gasteiger partial charge is 0.164 e. The van der Waals surface area contributed by atoms with Crippen LogP contribution in [0.25, 0.3) is 32.3 Å². The molecule has 0 fully saturated rings. The molecule has 6 heterocycles. The van der Waals surface area contributed by atoms with Crippen molar-refractivity contribution in [3.63, 3.8) is 0 Å². The van der Waals surface area contributed by atoms with Gasteiger partial charge >= 0.3 is 0 Å². The summed E-state index contributed by atoms with van der Waals surface area (Å²) in [5.74, 6) is 6.45. The molecule has 0 aromatic heterocycles. The Labute approximate surface area is 480 Å². The van der Waals surface area contributed by atoms with Gasteiger partial charge in [0.15, 0.2) is 34.5 Å². The number of nitrogens with one attached hydrogen (secondary N) is 3. The van der Waals surface area contributed by atoms with E-state index in [4.69, 9.17) is 42.6 Å². The molecule has 0 atom stereocenters. The first-order chi connectivity index (χ1) is 40.5. The first kappa shape index (κ1) is 54.4. The molecular formula is C69H72N4O9. The van der Waals surface area contributed by atoms with Crippen LogP contribution < -0.4 is 58.6 Å². The average molecular weight is 1100 g/mol. The maximum absolute atomic E-state index is 6.76. The molecule has 0 spiro atoms. The number of ether oxygens (including phenoxy) is 9. The van der Waals surface area contributed by atoms with Gasteiger partial charge in [0, 0.05) is 128 Å². The molecule has 1 aliphatic carbocycles. The fourth-order valence-corrected chi connectivity index (χ4v) is 12.0. The van der Waals surface area contributed by atoms with Gasteiger partial charge in [-0.05, 0) is 51.0 Å². The molecule has 0 saturated carbocycles. The number of hydrogen-bond donors (Lipinski definition) is 3. The molecule has 16 rings (SSSR count). The highest BCUT2D eigenvalue weighted by Crippen LogP contribution is 2.46. The molecule has 422 valence electrons. The summed E-state index contributed by atoms with van der Waals surface area (Å²) in [7, 11) is 5.15. The molecular weight excluding hydrogens is 1030 g/mol. The summed E-state index contributed by atoms with van der Waals surface area (Å²) in [5.41, 5.74) is 9.46. The Kier molecular flexibility index (Phi) is 17.1. The van der Waals surface area contributed by atoms with Crippen LogP contribution in [0.15, 0.2) is 146 Å². The second-order valence-electron chi connectivity index (χ2n) is 21.0. The summed E-state index contributed by atoms with van der Waals surface area (Å²) >= 11 is 0. The van der Waals surface area contributed by atoms with Gasteiger partial charge in [-0.1, -0.05) is 127 Å².